The molecule has 1 unspecified atom stereocenters. The molecule has 24 heavy (non-hydrogen) atoms. The molecule has 0 aliphatic carbocycles. The third-order valence-electron chi connectivity index (χ3n) is 3.69. The van der Waals surface area contributed by atoms with Gasteiger partial charge in [0.15, 0.2) is 0 Å². The van der Waals surface area contributed by atoms with Gasteiger partial charge in [-0.15, -0.1) is 5.10 Å². The van der Waals surface area contributed by atoms with Crippen molar-refractivity contribution in [2.24, 2.45) is 5.92 Å². The van der Waals surface area contributed by atoms with Gasteiger partial charge in [0.1, 0.15) is 5.82 Å². The Balaban J connectivity index is 1.94. The Hall–Kier alpha value is -1.96. The Kier molecular flexibility index (Phi) is 6.30. The van der Waals surface area contributed by atoms with E-state index in [0.29, 0.717) is 17.6 Å². The van der Waals surface area contributed by atoms with E-state index in [1.165, 1.54) is 23.9 Å². The van der Waals surface area contributed by atoms with Crippen molar-refractivity contribution in [3.8, 4) is 0 Å². The SMILES string of the molecule is CC(C)Cn1nnnc1SCC(=O)N(C)C(C)c1ccc(F)cc1. The van der Waals surface area contributed by atoms with Crippen LogP contribution in [0.1, 0.15) is 32.4 Å². The number of halogens is 1. The minimum atomic E-state index is -0.285. The molecule has 0 N–H and O–H groups in total. The Morgan fingerprint density at radius 2 is 1.96 bits per heavy atom. The summed E-state index contributed by atoms with van der Waals surface area (Å²) in [6.07, 6.45) is 0. The van der Waals surface area contributed by atoms with Crippen LogP contribution < -0.4 is 0 Å². The second kappa shape index (κ2) is 8.23. The summed E-state index contributed by atoms with van der Waals surface area (Å²) in [4.78, 5) is 14.1. The second-order valence-electron chi connectivity index (χ2n) is 6.06. The van der Waals surface area contributed by atoms with E-state index >= 15 is 0 Å². The molecule has 2 rings (SSSR count). The minimum Gasteiger partial charge on any atom is -0.338 e. The average Bonchev–Trinajstić information content (AvgIpc) is 2.98. The van der Waals surface area contributed by atoms with Crippen molar-refractivity contribution in [3.63, 3.8) is 0 Å². The van der Waals surface area contributed by atoms with Gasteiger partial charge in [0, 0.05) is 13.6 Å². The maximum absolute atomic E-state index is 13.0. The molecule has 0 radical (unpaired) electrons. The molecule has 1 aromatic carbocycles. The number of carbonyl (C=O) groups is 1. The van der Waals surface area contributed by atoms with Gasteiger partial charge in [-0.3, -0.25) is 4.79 Å². The van der Waals surface area contributed by atoms with E-state index in [1.54, 1.807) is 28.8 Å². The van der Waals surface area contributed by atoms with Crippen molar-refractivity contribution >= 4 is 17.7 Å². The third kappa shape index (κ3) is 4.77. The van der Waals surface area contributed by atoms with Crippen LogP contribution in [0.25, 0.3) is 0 Å². The summed E-state index contributed by atoms with van der Waals surface area (Å²) in [7, 11) is 1.74. The number of tetrazole rings is 1. The van der Waals surface area contributed by atoms with Crippen LogP contribution in [0.2, 0.25) is 0 Å². The van der Waals surface area contributed by atoms with Crippen molar-refractivity contribution in [1.29, 1.82) is 0 Å². The number of thioether (sulfide) groups is 1. The van der Waals surface area contributed by atoms with Crippen LogP contribution in [-0.4, -0.2) is 43.8 Å². The molecule has 1 heterocycles. The van der Waals surface area contributed by atoms with Gasteiger partial charge < -0.3 is 4.90 Å². The van der Waals surface area contributed by atoms with Crippen LogP contribution in [0.15, 0.2) is 29.4 Å². The average molecular weight is 351 g/mol. The monoisotopic (exact) mass is 351 g/mol. The summed E-state index contributed by atoms with van der Waals surface area (Å²) in [5, 5.41) is 12.2. The molecule has 0 aliphatic rings. The number of benzene rings is 1. The lowest BCUT2D eigenvalue weighted by atomic mass is 10.1. The van der Waals surface area contributed by atoms with Crippen LogP contribution >= 0.6 is 11.8 Å². The predicted molar refractivity (Wildman–Crippen MR) is 91.0 cm³/mol. The highest BCUT2D eigenvalue weighted by Gasteiger charge is 2.19. The maximum Gasteiger partial charge on any atom is 0.233 e. The third-order valence-corrected chi connectivity index (χ3v) is 4.63. The molecule has 0 aliphatic heterocycles. The summed E-state index contributed by atoms with van der Waals surface area (Å²) in [6, 6.07) is 6.06. The lowest BCUT2D eigenvalue weighted by Crippen LogP contribution is -2.31. The fourth-order valence-electron chi connectivity index (χ4n) is 2.17. The minimum absolute atomic E-state index is 0.0316. The molecule has 0 spiro atoms. The first-order valence-electron chi connectivity index (χ1n) is 7.78. The van der Waals surface area contributed by atoms with Crippen LogP contribution in [0.3, 0.4) is 0 Å². The van der Waals surface area contributed by atoms with Crippen molar-refractivity contribution in [2.75, 3.05) is 12.8 Å². The number of carbonyl (C=O) groups excluding carboxylic acids is 1. The molecular formula is C16H22FN5OS. The van der Waals surface area contributed by atoms with E-state index in [0.717, 1.165) is 5.56 Å². The summed E-state index contributed by atoms with van der Waals surface area (Å²) in [6.45, 7) is 6.79. The molecule has 6 nitrogen and oxygen atoms in total. The number of rotatable bonds is 7. The number of hydrogen-bond acceptors (Lipinski definition) is 5. The molecule has 8 heteroatoms. The molecule has 0 saturated heterocycles. The van der Waals surface area contributed by atoms with Gasteiger partial charge in [-0.25, -0.2) is 9.07 Å². The van der Waals surface area contributed by atoms with Gasteiger partial charge in [-0.05, 0) is 41.0 Å². The summed E-state index contributed by atoms with van der Waals surface area (Å²) >= 11 is 1.32. The summed E-state index contributed by atoms with van der Waals surface area (Å²) < 4.78 is 14.7. The second-order valence-corrected chi connectivity index (χ2v) is 7.00. The van der Waals surface area contributed by atoms with Crippen LogP contribution in [-0.2, 0) is 11.3 Å². The van der Waals surface area contributed by atoms with Gasteiger partial charge in [-0.1, -0.05) is 37.7 Å². The molecular weight excluding hydrogens is 329 g/mol. The number of nitrogens with zero attached hydrogens (tertiary/aromatic N) is 5. The van der Waals surface area contributed by atoms with Gasteiger partial charge in [0.2, 0.25) is 11.1 Å². The van der Waals surface area contributed by atoms with Gasteiger partial charge >= 0.3 is 0 Å². The quantitative estimate of drug-likeness (QED) is 0.718. The first kappa shape index (κ1) is 18.4. The van der Waals surface area contributed by atoms with E-state index in [4.69, 9.17) is 0 Å². The Morgan fingerprint density at radius 1 is 1.29 bits per heavy atom. The summed E-state index contributed by atoms with van der Waals surface area (Å²) in [5.41, 5.74) is 0.891. The highest BCUT2D eigenvalue weighted by atomic mass is 32.2. The van der Waals surface area contributed by atoms with Gasteiger partial charge in [0.05, 0.1) is 11.8 Å². The molecule has 130 valence electrons. The van der Waals surface area contributed by atoms with Gasteiger partial charge in [-0.2, -0.15) is 0 Å². The largest absolute Gasteiger partial charge is 0.338 e. The number of amides is 1. The zero-order chi connectivity index (χ0) is 17.7. The van der Waals surface area contributed by atoms with Crippen molar-refractivity contribution < 1.29 is 9.18 Å². The Bertz CT molecular complexity index is 673. The van der Waals surface area contributed by atoms with E-state index in [-0.39, 0.29) is 23.5 Å². The summed E-state index contributed by atoms with van der Waals surface area (Å²) in [5.74, 6) is 0.355. The van der Waals surface area contributed by atoms with Crippen molar-refractivity contribution in [1.82, 2.24) is 25.1 Å². The standard InChI is InChI=1S/C16H22FN5OS/c1-11(2)9-22-16(18-19-20-22)24-10-15(23)21(4)12(3)13-5-7-14(17)8-6-13/h5-8,11-12H,9-10H2,1-4H3. The van der Waals surface area contributed by atoms with Crippen LogP contribution in [0.5, 0.6) is 0 Å². The molecule has 0 fully saturated rings. The molecule has 2 aromatic rings. The Labute approximate surface area is 145 Å². The molecule has 0 bridgehead atoms. The first-order valence-corrected chi connectivity index (χ1v) is 8.77. The Morgan fingerprint density at radius 3 is 2.58 bits per heavy atom. The zero-order valence-electron chi connectivity index (χ0n) is 14.3. The molecule has 1 amide bonds. The lowest BCUT2D eigenvalue weighted by Gasteiger charge is -2.25. The topological polar surface area (TPSA) is 63.9 Å². The smallest absolute Gasteiger partial charge is 0.233 e. The van der Waals surface area contributed by atoms with E-state index in [9.17, 15) is 9.18 Å². The molecule has 1 aromatic heterocycles. The van der Waals surface area contributed by atoms with Crippen molar-refractivity contribution in [2.45, 2.75) is 38.5 Å². The zero-order valence-corrected chi connectivity index (χ0v) is 15.1. The predicted octanol–water partition coefficient (Wildman–Crippen LogP) is 2.78. The number of aromatic nitrogens is 4. The highest BCUT2D eigenvalue weighted by molar-refractivity contribution is 7.99. The maximum atomic E-state index is 13.0. The lowest BCUT2D eigenvalue weighted by molar-refractivity contribution is -0.128. The van der Waals surface area contributed by atoms with E-state index in [2.05, 4.69) is 29.4 Å². The van der Waals surface area contributed by atoms with Crippen molar-refractivity contribution in [3.05, 3.63) is 35.6 Å². The van der Waals surface area contributed by atoms with Gasteiger partial charge in [0.25, 0.3) is 0 Å². The first-order chi connectivity index (χ1) is 11.4. The normalized spacial score (nSPS) is 12.4. The fraction of sp³-hybridized carbons (Fsp3) is 0.500. The van der Waals surface area contributed by atoms with Crippen LogP contribution in [0, 0.1) is 11.7 Å². The molecule has 0 saturated carbocycles. The fourth-order valence-corrected chi connectivity index (χ4v) is 2.98. The van der Waals surface area contributed by atoms with E-state index < -0.39 is 0 Å². The highest BCUT2D eigenvalue weighted by Crippen LogP contribution is 2.21. The molecule has 1 atom stereocenters. The van der Waals surface area contributed by atoms with E-state index in [1.807, 2.05) is 6.92 Å². The number of hydrogen-bond donors (Lipinski definition) is 0. The van der Waals surface area contributed by atoms with Crippen LogP contribution in [0.4, 0.5) is 4.39 Å².